The SMILES string of the molecule is CCCCCc1ccc(CCCOP(=O)(OC)OCC)c(CCCCC)c1. The van der Waals surface area contributed by atoms with E-state index in [1.807, 2.05) is 0 Å². The van der Waals surface area contributed by atoms with Gasteiger partial charge in [0.1, 0.15) is 0 Å². The van der Waals surface area contributed by atoms with E-state index in [2.05, 4.69) is 32.0 Å². The maximum Gasteiger partial charge on any atom is 0.474 e. The fraction of sp³-hybridized carbons (Fsp3) is 0.727. The lowest BCUT2D eigenvalue weighted by Crippen LogP contribution is -2.02. The molecule has 0 bridgehead atoms. The van der Waals surface area contributed by atoms with Crippen molar-refractivity contribution in [2.75, 3.05) is 20.3 Å². The van der Waals surface area contributed by atoms with Crippen molar-refractivity contribution in [1.82, 2.24) is 0 Å². The summed E-state index contributed by atoms with van der Waals surface area (Å²) in [6, 6.07) is 6.96. The van der Waals surface area contributed by atoms with Crippen LogP contribution in [0, 0.1) is 0 Å². The van der Waals surface area contributed by atoms with Crippen molar-refractivity contribution in [3.8, 4) is 0 Å². The van der Waals surface area contributed by atoms with Gasteiger partial charge in [-0.15, -0.1) is 0 Å². The molecule has 4 nitrogen and oxygen atoms in total. The predicted molar refractivity (Wildman–Crippen MR) is 113 cm³/mol. The number of rotatable bonds is 16. The minimum atomic E-state index is -3.38. The number of hydrogen-bond donors (Lipinski definition) is 0. The predicted octanol–water partition coefficient (Wildman–Crippen LogP) is 6.89. The third kappa shape index (κ3) is 9.89. The Balaban J connectivity index is 2.63. The average molecular weight is 399 g/mol. The van der Waals surface area contributed by atoms with Crippen LogP contribution in [0.1, 0.15) is 82.4 Å². The summed E-state index contributed by atoms with van der Waals surface area (Å²) in [4.78, 5) is 0. The first-order valence-corrected chi connectivity index (χ1v) is 12.1. The maximum absolute atomic E-state index is 12.1. The molecule has 5 heteroatoms. The van der Waals surface area contributed by atoms with Gasteiger partial charge in [0.2, 0.25) is 0 Å². The minimum Gasteiger partial charge on any atom is -0.290 e. The smallest absolute Gasteiger partial charge is 0.290 e. The van der Waals surface area contributed by atoms with Gasteiger partial charge in [-0.25, -0.2) is 4.57 Å². The molecule has 1 aromatic carbocycles. The topological polar surface area (TPSA) is 44.8 Å². The number of unbranched alkanes of at least 4 members (excludes halogenated alkanes) is 4. The summed E-state index contributed by atoms with van der Waals surface area (Å²) >= 11 is 0. The molecule has 0 saturated carbocycles. The Morgan fingerprint density at radius 2 is 1.48 bits per heavy atom. The monoisotopic (exact) mass is 398 g/mol. The first kappa shape index (κ1) is 24.4. The zero-order valence-corrected chi connectivity index (χ0v) is 18.7. The number of aryl methyl sites for hydroxylation is 3. The molecule has 0 spiro atoms. The molecule has 27 heavy (non-hydrogen) atoms. The Hall–Kier alpha value is -0.670. The fourth-order valence-corrected chi connectivity index (χ4v) is 4.15. The van der Waals surface area contributed by atoms with Gasteiger partial charge in [-0.05, 0) is 62.1 Å². The lowest BCUT2D eigenvalue weighted by atomic mass is 9.94. The van der Waals surface area contributed by atoms with Crippen LogP contribution in [0.4, 0.5) is 0 Å². The first-order valence-electron chi connectivity index (χ1n) is 10.6. The van der Waals surface area contributed by atoms with Crippen LogP contribution < -0.4 is 0 Å². The highest BCUT2D eigenvalue weighted by Gasteiger charge is 2.23. The Morgan fingerprint density at radius 3 is 2.11 bits per heavy atom. The van der Waals surface area contributed by atoms with Crippen molar-refractivity contribution in [3.05, 3.63) is 34.9 Å². The summed E-state index contributed by atoms with van der Waals surface area (Å²) in [7, 11) is -2.02. The maximum atomic E-state index is 12.1. The molecule has 0 amide bonds. The largest absolute Gasteiger partial charge is 0.474 e. The van der Waals surface area contributed by atoms with Crippen LogP contribution in [0.25, 0.3) is 0 Å². The lowest BCUT2D eigenvalue weighted by Gasteiger charge is -2.15. The second-order valence-corrected chi connectivity index (χ2v) is 8.78. The zero-order valence-electron chi connectivity index (χ0n) is 17.8. The van der Waals surface area contributed by atoms with E-state index in [0.717, 1.165) is 19.3 Å². The van der Waals surface area contributed by atoms with Crippen molar-refractivity contribution in [1.29, 1.82) is 0 Å². The summed E-state index contributed by atoms with van der Waals surface area (Å²) in [5.74, 6) is 0. The second-order valence-electron chi connectivity index (χ2n) is 7.00. The van der Waals surface area contributed by atoms with Crippen LogP contribution in [0.2, 0.25) is 0 Å². The summed E-state index contributed by atoms with van der Waals surface area (Å²) < 4.78 is 27.5. The molecule has 0 heterocycles. The fourth-order valence-electron chi connectivity index (χ4n) is 3.20. The standard InChI is InChI=1S/C22H39O4P/c1-5-8-10-13-20-16-17-21(22(19-20)14-11-9-6-2)15-12-18-26-27(23,24-4)25-7-3/h16-17,19H,5-15,18H2,1-4H3. The zero-order chi connectivity index (χ0) is 20.0. The minimum absolute atomic E-state index is 0.312. The molecule has 1 rings (SSSR count). The molecule has 0 aliphatic carbocycles. The van der Waals surface area contributed by atoms with Crippen molar-refractivity contribution in [2.45, 2.75) is 85.0 Å². The molecular formula is C22H39O4P. The molecule has 0 aliphatic heterocycles. The van der Waals surface area contributed by atoms with Crippen LogP contribution in [0.3, 0.4) is 0 Å². The first-order chi connectivity index (χ1) is 13.1. The Kier molecular flexibility index (Phi) is 12.9. The van der Waals surface area contributed by atoms with Gasteiger partial charge < -0.3 is 0 Å². The normalized spacial score (nSPS) is 13.6. The van der Waals surface area contributed by atoms with Crippen LogP contribution in [0.15, 0.2) is 18.2 Å². The van der Waals surface area contributed by atoms with Gasteiger partial charge >= 0.3 is 7.82 Å². The van der Waals surface area contributed by atoms with E-state index in [1.165, 1.54) is 68.7 Å². The summed E-state index contributed by atoms with van der Waals surface area (Å²) in [5.41, 5.74) is 4.31. The van der Waals surface area contributed by atoms with E-state index in [1.54, 1.807) is 6.92 Å². The highest BCUT2D eigenvalue weighted by Crippen LogP contribution is 2.48. The molecule has 0 aromatic heterocycles. The molecular weight excluding hydrogens is 359 g/mol. The third-order valence-corrected chi connectivity index (χ3v) is 6.26. The summed E-state index contributed by atoms with van der Waals surface area (Å²) in [6.45, 7) is 6.95. The molecule has 0 aliphatic rings. The van der Waals surface area contributed by atoms with Crippen molar-refractivity contribution < 1.29 is 18.1 Å². The summed E-state index contributed by atoms with van der Waals surface area (Å²) in [6.07, 6.45) is 11.6. The Morgan fingerprint density at radius 1 is 0.815 bits per heavy atom. The van der Waals surface area contributed by atoms with Gasteiger partial charge in [-0.1, -0.05) is 57.7 Å². The van der Waals surface area contributed by atoms with E-state index < -0.39 is 7.82 Å². The number of phosphoric acid groups is 1. The van der Waals surface area contributed by atoms with Gasteiger partial charge in [-0.3, -0.25) is 13.6 Å². The van der Waals surface area contributed by atoms with Gasteiger partial charge in [0.25, 0.3) is 0 Å². The van der Waals surface area contributed by atoms with Gasteiger partial charge in [-0.2, -0.15) is 0 Å². The second kappa shape index (κ2) is 14.3. The molecule has 1 unspecified atom stereocenters. The highest BCUT2D eigenvalue weighted by molar-refractivity contribution is 7.48. The van der Waals surface area contributed by atoms with Gasteiger partial charge in [0.15, 0.2) is 0 Å². The van der Waals surface area contributed by atoms with Crippen LogP contribution in [-0.4, -0.2) is 20.3 Å². The number of phosphoric ester groups is 1. The molecule has 1 aromatic rings. The Labute approximate surface area is 166 Å². The van der Waals surface area contributed by atoms with Gasteiger partial charge in [0.05, 0.1) is 13.2 Å². The van der Waals surface area contributed by atoms with E-state index in [-0.39, 0.29) is 0 Å². The molecule has 0 fully saturated rings. The van der Waals surface area contributed by atoms with Crippen molar-refractivity contribution in [3.63, 3.8) is 0 Å². The molecule has 156 valence electrons. The third-order valence-electron chi connectivity index (χ3n) is 4.74. The average Bonchev–Trinajstić information content (AvgIpc) is 2.67. The van der Waals surface area contributed by atoms with Crippen LogP contribution in [-0.2, 0) is 37.4 Å². The summed E-state index contributed by atoms with van der Waals surface area (Å²) in [5, 5.41) is 0. The van der Waals surface area contributed by atoms with E-state index in [4.69, 9.17) is 13.6 Å². The molecule has 0 saturated heterocycles. The molecule has 1 atom stereocenters. The quantitative estimate of drug-likeness (QED) is 0.225. The van der Waals surface area contributed by atoms with E-state index in [9.17, 15) is 4.57 Å². The highest BCUT2D eigenvalue weighted by atomic mass is 31.2. The van der Waals surface area contributed by atoms with E-state index >= 15 is 0 Å². The number of benzene rings is 1. The molecule has 0 radical (unpaired) electrons. The number of hydrogen-bond acceptors (Lipinski definition) is 4. The lowest BCUT2D eigenvalue weighted by molar-refractivity contribution is 0.135. The van der Waals surface area contributed by atoms with Crippen molar-refractivity contribution in [2.24, 2.45) is 0 Å². The van der Waals surface area contributed by atoms with Crippen LogP contribution in [0.5, 0.6) is 0 Å². The van der Waals surface area contributed by atoms with E-state index in [0.29, 0.717) is 13.2 Å². The van der Waals surface area contributed by atoms with Gasteiger partial charge in [0, 0.05) is 7.11 Å². The van der Waals surface area contributed by atoms with Crippen molar-refractivity contribution >= 4 is 7.82 Å². The Bertz CT molecular complexity index is 559. The molecule has 0 N–H and O–H groups in total. The van der Waals surface area contributed by atoms with Crippen LogP contribution >= 0.6 is 7.82 Å².